The Morgan fingerprint density at radius 3 is 2.83 bits per heavy atom. The molecule has 0 saturated carbocycles. The number of hydrogen-bond acceptors (Lipinski definition) is 7. The number of anilines is 1. The first-order valence-electron chi connectivity index (χ1n) is 9.70. The van der Waals surface area contributed by atoms with Crippen molar-refractivity contribution >= 4 is 35.2 Å². The molecule has 156 valence electrons. The Kier molecular flexibility index (Phi) is 5.37. The van der Waals surface area contributed by atoms with Crippen LogP contribution in [0.1, 0.15) is 13.3 Å². The molecule has 3 amide bonds. The fourth-order valence-electron chi connectivity index (χ4n) is 4.32. The topological polar surface area (TPSA) is 85.4 Å². The first-order valence-corrected chi connectivity index (χ1v) is 10.1. The Morgan fingerprint density at radius 1 is 1.31 bits per heavy atom. The lowest BCUT2D eigenvalue weighted by Crippen LogP contribution is -2.67. The summed E-state index contributed by atoms with van der Waals surface area (Å²) in [5.41, 5.74) is 0.947. The van der Waals surface area contributed by atoms with Crippen molar-refractivity contribution in [2.45, 2.75) is 31.8 Å². The highest BCUT2D eigenvalue weighted by atomic mass is 35.5. The van der Waals surface area contributed by atoms with Crippen molar-refractivity contribution in [1.29, 1.82) is 0 Å². The number of benzene rings is 1. The van der Waals surface area contributed by atoms with E-state index in [4.69, 9.17) is 16.3 Å². The molecule has 3 fully saturated rings. The van der Waals surface area contributed by atoms with E-state index in [1.54, 1.807) is 14.0 Å². The average Bonchev–Trinajstić information content (AvgIpc) is 3.09. The van der Waals surface area contributed by atoms with Crippen LogP contribution in [-0.2, 0) is 14.3 Å². The zero-order chi connectivity index (χ0) is 20.7. The van der Waals surface area contributed by atoms with Crippen molar-refractivity contribution < 1.29 is 19.1 Å². The van der Waals surface area contributed by atoms with Crippen molar-refractivity contribution in [2.24, 2.45) is 0 Å². The van der Waals surface area contributed by atoms with Crippen LogP contribution in [0.5, 0.6) is 0 Å². The molecule has 3 atom stereocenters. The van der Waals surface area contributed by atoms with Crippen molar-refractivity contribution in [3.8, 4) is 0 Å². The van der Waals surface area contributed by atoms with E-state index in [1.165, 1.54) is 4.90 Å². The molecule has 0 radical (unpaired) electrons. The van der Waals surface area contributed by atoms with Gasteiger partial charge in [-0.25, -0.2) is 4.79 Å². The summed E-state index contributed by atoms with van der Waals surface area (Å²) in [7, 11) is 1.64. The minimum absolute atomic E-state index is 0.196. The molecular weight excluding hydrogens is 398 g/mol. The molecule has 29 heavy (non-hydrogen) atoms. The van der Waals surface area contributed by atoms with Crippen molar-refractivity contribution in [3.05, 3.63) is 29.3 Å². The number of rotatable bonds is 4. The van der Waals surface area contributed by atoms with Crippen LogP contribution < -0.4 is 10.2 Å². The summed E-state index contributed by atoms with van der Waals surface area (Å²) >= 11 is 6.17. The van der Waals surface area contributed by atoms with Gasteiger partial charge in [0.2, 0.25) is 0 Å². The van der Waals surface area contributed by atoms with Gasteiger partial charge in [-0.15, -0.1) is 0 Å². The lowest BCUT2D eigenvalue weighted by Gasteiger charge is -2.43. The molecule has 0 spiro atoms. The van der Waals surface area contributed by atoms with Crippen molar-refractivity contribution in [1.82, 2.24) is 20.0 Å². The third-order valence-electron chi connectivity index (χ3n) is 5.60. The Balaban J connectivity index is 1.61. The van der Waals surface area contributed by atoms with Crippen molar-refractivity contribution in [2.75, 3.05) is 38.2 Å². The minimum Gasteiger partial charge on any atom is -0.465 e. The number of amides is 3. The van der Waals surface area contributed by atoms with E-state index >= 15 is 0 Å². The largest absolute Gasteiger partial charge is 0.465 e. The number of nitrogens with one attached hydrogen (secondary N) is 1. The van der Waals surface area contributed by atoms with Crippen molar-refractivity contribution in [3.63, 3.8) is 0 Å². The maximum Gasteiger partial charge on any atom is 0.328 e. The number of hydrogen-bond donors (Lipinski definition) is 1. The van der Waals surface area contributed by atoms with Crippen LogP contribution in [0.15, 0.2) is 24.3 Å². The number of carbonyl (C=O) groups excluding carboxylic acids is 3. The summed E-state index contributed by atoms with van der Waals surface area (Å²) in [5.74, 6) is -0.975. The zero-order valence-corrected chi connectivity index (χ0v) is 17.1. The Morgan fingerprint density at radius 2 is 2.10 bits per heavy atom. The van der Waals surface area contributed by atoms with Crippen LogP contribution in [0.25, 0.3) is 0 Å². The molecule has 3 unspecified atom stereocenters. The maximum atomic E-state index is 13.2. The van der Waals surface area contributed by atoms with Gasteiger partial charge in [0.05, 0.1) is 6.61 Å². The number of ether oxygens (including phenoxy) is 1. The smallest absolute Gasteiger partial charge is 0.328 e. The number of likely N-dealkylation sites (N-methyl/N-ethyl adjacent to an activating group) is 1. The monoisotopic (exact) mass is 421 g/mol. The molecule has 3 heterocycles. The third kappa shape index (κ3) is 3.43. The van der Waals surface area contributed by atoms with E-state index in [0.717, 1.165) is 23.6 Å². The summed E-state index contributed by atoms with van der Waals surface area (Å²) in [6.45, 7) is 3.00. The third-order valence-corrected chi connectivity index (χ3v) is 5.84. The maximum absolute atomic E-state index is 13.2. The lowest BCUT2D eigenvalue weighted by atomic mass is 10.1. The number of fused-ring (bicyclic) bond motifs is 3. The second kappa shape index (κ2) is 7.81. The van der Waals surface area contributed by atoms with E-state index in [2.05, 4.69) is 15.1 Å². The number of urea groups is 1. The molecule has 3 aliphatic rings. The van der Waals surface area contributed by atoms with Gasteiger partial charge in [0.25, 0.3) is 5.91 Å². The standard InChI is InChI=1S/C19H24ClN5O4/c1-3-29-14(26)11-25-17(27)15-16(22(2)19(25)28)21-18-23(8-5-9-24(15)18)13-7-4-6-12(20)10-13/h4,6-7,10,15-16,18,21H,3,5,8-9,11H2,1-2H3. The second-order valence-corrected chi connectivity index (χ2v) is 7.75. The normalized spacial score (nSPS) is 27.1. The molecule has 4 rings (SSSR count). The van der Waals surface area contributed by atoms with E-state index in [-0.39, 0.29) is 25.3 Å². The molecule has 0 bridgehead atoms. The molecular formula is C19H24ClN5O4. The molecule has 0 aromatic heterocycles. The molecule has 10 heteroatoms. The summed E-state index contributed by atoms with van der Waals surface area (Å²) in [5, 5.41) is 4.06. The van der Waals surface area contributed by atoms with Gasteiger partial charge in [-0.2, -0.15) is 0 Å². The number of imide groups is 1. The zero-order valence-electron chi connectivity index (χ0n) is 16.4. The van der Waals surface area contributed by atoms with Crippen LogP contribution in [0, 0.1) is 0 Å². The van der Waals surface area contributed by atoms with Crippen LogP contribution in [0.3, 0.4) is 0 Å². The molecule has 1 aromatic carbocycles. The number of halogens is 1. The van der Waals surface area contributed by atoms with Crippen LogP contribution in [0.4, 0.5) is 10.5 Å². The van der Waals surface area contributed by atoms with Gasteiger partial charge in [-0.1, -0.05) is 17.7 Å². The predicted octanol–water partition coefficient (Wildman–Crippen LogP) is 0.891. The van der Waals surface area contributed by atoms with Gasteiger partial charge in [-0.05, 0) is 31.5 Å². The highest BCUT2D eigenvalue weighted by Crippen LogP contribution is 2.33. The summed E-state index contributed by atoms with van der Waals surface area (Å²) in [6, 6.07) is 6.49. The summed E-state index contributed by atoms with van der Waals surface area (Å²) < 4.78 is 4.93. The second-order valence-electron chi connectivity index (χ2n) is 7.32. The van der Waals surface area contributed by atoms with Gasteiger partial charge < -0.3 is 14.5 Å². The predicted molar refractivity (Wildman–Crippen MR) is 106 cm³/mol. The quantitative estimate of drug-likeness (QED) is 0.722. The molecule has 1 N–H and O–H groups in total. The molecule has 3 saturated heterocycles. The van der Waals surface area contributed by atoms with E-state index in [0.29, 0.717) is 11.6 Å². The highest BCUT2D eigenvalue weighted by Gasteiger charge is 2.56. The first kappa shape index (κ1) is 19.9. The molecule has 9 nitrogen and oxygen atoms in total. The van der Waals surface area contributed by atoms with E-state index in [9.17, 15) is 14.4 Å². The number of esters is 1. The molecule has 1 aromatic rings. The van der Waals surface area contributed by atoms with Crippen LogP contribution in [-0.4, -0.2) is 84.4 Å². The first-order chi connectivity index (χ1) is 13.9. The minimum atomic E-state index is -0.595. The highest BCUT2D eigenvalue weighted by molar-refractivity contribution is 6.30. The Hall–Kier alpha value is -2.36. The number of nitrogens with zero attached hydrogens (tertiary/aromatic N) is 4. The van der Waals surface area contributed by atoms with Gasteiger partial charge in [0.15, 0.2) is 0 Å². The van der Waals surface area contributed by atoms with Crippen LogP contribution >= 0.6 is 11.6 Å². The van der Waals surface area contributed by atoms with Gasteiger partial charge in [0.1, 0.15) is 25.0 Å². The van der Waals surface area contributed by atoms with E-state index < -0.39 is 24.2 Å². The fraction of sp³-hybridized carbons (Fsp3) is 0.526. The van der Waals surface area contributed by atoms with Crippen LogP contribution in [0.2, 0.25) is 5.02 Å². The SMILES string of the molecule is CCOC(=O)CN1C(=O)C2C(NC3N(c4cccc(Cl)c4)CCCN23)N(C)C1=O. The average molecular weight is 422 g/mol. The Labute approximate surface area is 174 Å². The fourth-order valence-corrected chi connectivity index (χ4v) is 4.50. The van der Waals surface area contributed by atoms with Gasteiger partial charge >= 0.3 is 12.0 Å². The Bertz CT molecular complexity index is 837. The number of carbonyl (C=O) groups is 3. The van der Waals surface area contributed by atoms with E-state index in [1.807, 2.05) is 24.3 Å². The summed E-state index contributed by atoms with van der Waals surface area (Å²) in [6.07, 6.45) is 0.133. The van der Waals surface area contributed by atoms with Gasteiger partial charge in [0, 0.05) is 30.8 Å². The molecule has 0 aliphatic carbocycles. The summed E-state index contributed by atoms with van der Waals surface area (Å²) in [4.78, 5) is 44.5. The lowest BCUT2D eigenvalue weighted by molar-refractivity contribution is -0.151. The molecule has 3 aliphatic heterocycles. The van der Waals surface area contributed by atoms with Gasteiger partial charge in [-0.3, -0.25) is 24.7 Å².